The van der Waals surface area contributed by atoms with Gasteiger partial charge in [0.1, 0.15) is 0 Å². The average molecular weight is 247 g/mol. The van der Waals surface area contributed by atoms with Crippen molar-refractivity contribution in [3.05, 3.63) is 34.9 Å². The Balaban J connectivity index is 2.01. The van der Waals surface area contributed by atoms with E-state index in [2.05, 4.69) is 50.8 Å². The molecule has 1 saturated heterocycles. The average Bonchev–Trinajstić information content (AvgIpc) is 2.57. The first-order valence-corrected chi connectivity index (χ1v) is 6.95. The molecule has 0 aromatic heterocycles. The highest BCUT2D eigenvalue weighted by atomic mass is 16.3. The molecule has 1 aliphatic heterocycles. The molecule has 0 bridgehead atoms. The zero-order valence-electron chi connectivity index (χ0n) is 12.0. The highest BCUT2D eigenvalue weighted by Crippen LogP contribution is 2.26. The molecule has 18 heavy (non-hydrogen) atoms. The molecule has 0 spiro atoms. The highest BCUT2D eigenvalue weighted by Gasteiger charge is 2.27. The number of aryl methyl sites for hydroxylation is 2. The standard InChI is InChI=1S/C16H25NO/c1-11-5-6-15(12(2)7-11)16(18)10-17-8-13(3)14(4)9-17/h5-7,13-14,16,18H,8-10H2,1-4H3. The summed E-state index contributed by atoms with van der Waals surface area (Å²) in [5, 5.41) is 10.4. The Hall–Kier alpha value is -0.860. The van der Waals surface area contributed by atoms with Crippen molar-refractivity contribution < 1.29 is 5.11 Å². The number of likely N-dealkylation sites (tertiary alicyclic amines) is 1. The van der Waals surface area contributed by atoms with Gasteiger partial charge in [0.05, 0.1) is 6.10 Å². The predicted octanol–water partition coefficient (Wildman–Crippen LogP) is 2.92. The maximum Gasteiger partial charge on any atom is 0.0919 e. The third-order valence-electron chi connectivity index (χ3n) is 4.28. The zero-order chi connectivity index (χ0) is 13.3. The minimum atomic E-state index is -0.358. The summed E-state index contributed by atoms with van der Waals surface area (Å²) in [6.45, 7) is 11.8. The van der Waals surface area contributed by atoms with E-state index in [1.165, 1.54) is 11.1 Å². The Bertz CT molecular complexity index is 406. The van der Waals surface area contributed by atoms with E-state index in [-0.39, 0.29) is 6.10 Å². The van der Waals surface area contributed by atoms with E-state index in [0.717, 1.165) is 37.0 Å². The molecule has 2 heteroatoms. The van der Waals surface area contributed by atoms with Crippen LogP contribution < -0.4 is 0 Å². The third kappa shape index (κ3) is 2.93. The van der Waals surface area contributed by atoms with Crippen LogP contribution in [0.4, 0.5) is 0 Å². The van der Waals surface area contributed by atoms with Gasteiger partial charge in [-0.25, -0.2) is 0 Å². The summed E-state index contributed by atoms with van der Waals surface area (Å²) in [4.78, 5) is 2.39. The summed E-state index contributed by atoms with van der Waals surface area (Å²) in [7, 11) is 0. The molecular formula is C16H25NO. The van der Waals surface area contributed by atoms with Crippen LogP contribution in [0.15, 0.2) is 18.2 Å². The molecule has 2 nitrogen and oxygen atoms in total. The van der Waals surface area contributed by atoms with Gasteiger partial charge in [-0.1, -0.05) is 37.6 Å². The Morgan fingerprint density at radius 3 is 2.39 bits per heavy atom. The molecule has 1 aliphatic rings. The van der Waals surface area contributed by atoms with E-state index >= 15 is 0 Å². The smallest absolute Gasteiger partial charge is 0.0919 e. The number of rotatable bonds is 3. The van der Waals surface area contributed by atoms with Crippen LogP contribution in [0.25, 0.3) is 0 Å². The van der Waals surface area contributed by atoms with Gasteiger partial charge in [0.2, 0.25) is 0 Å². The summed E-state index contributed by atoms with van der Waals surface area (Å²) < 4.78 is 0. The normalized spacial score (nSPS) is 26.5. The summed E-state index contributed by atoms with van der Waals surface area (Å²) in [6.07, 6.45) is -0.358. The summed E-state index contributed by atoms with van der Waals surface area (Å²) in [5.74, 6) is 1.49. The van der Waals surface area contributed by atoms with Crippen molar-refractivity contribution in [2.75, 3.05) is 19.6 Å². The monoisotopic (exact) mass is 247 g/mol. The topological polar surface area (TPSA) is 23.5 Å². The van der Waals surface area contributed by atoms with Crippen molar-refractivity contribution in [3.8, 4) is 0 Å². The second-order valence-corrected chi connectivity index (χ2v) is 6.05. The number of hydrogen-bond acceptors (Lipinski definition) is 2. The molecule has 1 heterocycles. The van der Waals surface area contributed by atoms with Crippen molar-refractivity contribution in [2.45, 2.75) is 33.8 Å². The van der Waals surface area contributed by atoms with Crippen molar-refractivity contribution >= 4 is 0 Å². The fourth-order valence-electron chi connectivity index (χ4n) is 2.94. The van der Waals surface area contributed by atoms with Gasteiger partial charge in [-0.05, 0) is 36.8 Å². The molecule has 0 aliphatic carbocycles. The Labute approximate surface area is 111 Å². The molecule has 3 atom stereocenters. The van der Waals surface area contributed by atoms with Crippen LogP contribution in [0.5, 0.6) is 0 Å². The summed E-state index contributed by atoms with van der Waals surface area (Å²) in [6, 6.07) is 6.30. The van der Waals surface area contributed by atoms with E-state index < -0.39 is 0 Å². The molecule has 3 unspecified atom stereocenters. The quantitative estimate of drug-likeness (QED) is 0.887. The first-order valence-electron chi connectivity index (χ1n) is 6.95. The van der Waals surface area contributed by atoms with Crippen LogP contribution in [-0.2, 0) is 0 Å². The van der Waals surface area contributed by atoms with Crippen molar-refractivity contribution in [1.82, 2.24) is 4.90 Å². The number of aliphatic hydroxyl groups is 1. The van der Waals surface area contributed by atoms with Gasteiger partial charge in [-0.3, -0.25) is 4.90 Å². The molecule has 100 valence electrons. The third-order valence-corrected chi connectivity index (χ3v) is 4.28. The number of nitrogens with zero attached hydrogens (tertiary/aromatic N) is 1. The lowest BCUT2D eigenvalue weighted by atomic mass is 10.0. The molecule has 2 rings (SSSR count). The van der Waals surface area contributed by atoms with Crippen LogP contribution in [0.1, 0.15) is 36.6 Å². The molecular weight excluding hydrogens is 222 g/mol. The molecule has 0 amide bonds. The van der Waals surface area contributed by atoms with E-state index in [0.29, 0.717) is 0 Å². The van der Waals surface area contributed by atoms with Crippen LogP contribution in [0.3, 0.4) is 0 Å². The van der Waals surface area contributed by atoms with E-state index in [1.807, 2.05) is 0 Å². The van der Waals surface area contributed by atoms with Crippen LogP contribution in [-0.4, -0.2) is 29.6 Å². The van der Waals surface area contributed by atoms with E-state index in [1.54, 1.807) is 0 Å². The van der Waals surface area contributed by atoms with Gasteiger partial charge in [-0.2, -0.15) is 0 Å². The van der Waals surface area contributed by atoms with Crippen molar-refractivity contribution in [2.24, 2.45) is 11.8 Å². The number of aliphatic hydroxyl groups excluding tert-OH is 1. The first-order chi connectivity index (χ1) is 8.47. The lowest BCUT2D eigenvalue weighted by molar-refractivity contribution is 0.123. The molecule has 1 aromatic carbocycles. The number of benzene rings is 1. The Morgan fingerprint density at radius 2 is 1.83 bits per heavy atom. The van der Waals surface area contributed by atoms with Gasteiger partial charge in [0.15, 0.2) is 0 Å². The van der Waals surface area contributed by atoms with Crippen molar-refractivity contribution in [1.29, 1.82) is 0 Å². The maximum absolute atomic E-state index is 10.4. The lowest BCUT2D eigenvalue weighted by Gasteiger charge is -2.21. The van der Waals surface area contributed by atoms with Gasteiger partial charge in [-0.15, -0.1) is 0 Å². The van der Waals surface area contributed by atoms with Crippen LogP contribution in [0, 0.1) is 25.7 Å². The summed E-state index contributed by atoms with van der Waals surface area (Å²) in [5.41, 5.74) is 3.53. The molecule has 0 saturated carbocycles. The second-order valence-electron chi connectivity index (χ2n) is 6.05. The minimum absolute atomic E-state index is 0.358. The van der Waals surface area contributed by atoms with Crippen LogP contribution >= 0.6 is 0 Å². The van der Waals surface area contributed by atoms with Crippen LogP contribution in [0.2, 0.25) is 0 Å². The summed E-state index contributed by atoms with van der Waals surface area (Å²) >= 11 is 0. The maximum atomic E-state index is 10.4. The van der Waals surface area contributed by atoms with Gasteiger partial charge in [0, 0.05) is 19.6 Å². The van der Waals surface area contributed by atoms with Gasteiger partial charge in [0.25, 0.3) is 0 Å². The van der Waals surface area contributed by atoms with Gasteiger partial charge >= 0.3 is 0 Å². The SMILES string of the molecule is Cc1ccc(C(O)CN2CC(C)C(C)C2)c(C)c1. The van der Waals surface area contributed by atoms with Crippen molar-refractivity contribution in [3.63, 3.8) is 0 Å². The largest absolute Gasteiger partial charge is 0.387 e. The molecule has 0 radical (unpaired) electrons. The first kappa shape index (κ1) is 13.6. The van der Waals surface area contributed by atoms with E-state index in [9.17, 15) is 5.11 Å². The fourth-order valence-corrected chi connectivity index (χ4v) is 2.94. The fraction of sp³-hybridized carbons (Fsp3) is 0.625. The second kappa shape index (κ2) is 5.41. The lowest BCUT2D eigenvalue weighted by Crippen LogP contribution is -2.27. The number of β-amino-alcohol motifs (C(OH)–C–C–N with tert-alkyl or cyclic N) is 1. The van der Waals surface area contributed by atoms with Gasteiger partial charge < -0.3 is 5.11 Å². The molecule has 1 N–H and O–H groups in total. The van der Waals surface area contributed by atoms with E-state index in [4.69, 9.17) is 0 Å². The zero-order valence-corrected chi connectivity index (χ0v) is 12.0. The Morgan fingerprint density at radius 1 is 1.22 bits per heavy atom. The predicted molar refractivity (Wildman–Crippen MR) is 75.6 cm³/mol. The minimum Gasteiger partial charge on any atom is -0.387 e. The number of hydrogen-bond donors (Lipinski definition) is 1. The molecule has 1 fully saturated rings. The highest BCUT2D eigenvalue weighted by molar-refractivity contribution is 5.32. The molecule has 1 aromatic rings. The Kier molecular flexibility index (Phi) is 4.08.